The zero-order chi connectivity index (χ0) is 14.0. The molecular formula is C16H19IN2. The minimum absolute atomic E-state index is 0.489. The number of halogens is 1. The fraction of sp³-hybridized carbons (Fsp3) is 0.312. The summed E-state index contributed by atoms with van der Waals surface area (Å²) in [4.78, 5) is 4.55. The Hall–Kier alpha value is -1.10. The molecule has 0 bridgehead atoms. The summed E-state index contributed by atoms with van der Waals surface area (Å²) in [5.74, 6) is 0. The molecule has 3 heteroatoms. The van der Waals surface area contributed by atoms with Crippen molar-refractivity contribution < 1.29 is 0 Å². The number of aromatic nitrogens is 1. The van der Waals surface area contributed by atoms with Gasteiger partial charge in [0.05, 0.1) is 5.69 Å². The minimum atomic E-state index is 0.489. The second-order valence-electron chi connectivity index (χ2n) is 5.11. The molecule has 1 heterocycles. The number of aliphatic imine (C=N–C) groups is 1. The fourth-order valence-corrected chi connectivity index (χ4v) is 2.44. The van der Waals surface area contributed by atoms with Gasteiger partial charge >= 0.3 is 0 Å². The van der Waals surface area contributed by atoms with Gasteiger partial charge in [0.25, 0.3) is 0 Å². The van der Waals surface area contributed by atoms with E-state index in [0.29, 0.717) is 6.04 Å². The van der Waals surface area contributed by atoms with Crippen LogP contribution in [0.3, 0.4) is 0 Å². The third kappa shape index (κ3) is 3.47. The number of benzene rings is 1. The average molecular weight is 366 g/mol. The standard InChI is InChI=1S/C16H19IN2/c1-11(2)19-10-14(8-13(19)4)9-18-15-5-6-16(17)12(3)7-15/h5-11H,1-4H3. The molecule has 2 rings (SSSR count). The van der Waals surface area contributed by atoms with Crippen LogP contribution in [0.1, 0.15) is 36.7 Å². The van der Waals surface area contributed by atoms with Crippen molar-refractivity contribution >= 4 is 34.5 Å². The Morgan fingerprint density at radius 3 is 2.53 bits per heavy atom. The summed E-state index contributed by atoms with van der Waals surface area (Å²) in [5.41, 5.74) is 4.71. The fourth-order valence-electron chi connectivity index (χ4n) is 2.10. The van der Waals surface area contributed by atoms with Crippen LogP contribution in [-0.4, -0.2) is 10.8 Å². The third-order valence-corrected chi connectivity index (χ3v) is 4.34. The zero-order valence-electron chi connectivity index (χ0n) is 11.8. The number of hydrogen-bond donors (Lipinski definition) is 0. The average Bonchev–Trinajstić information content (AvgIpc) is 2.72. The Morgan fingerprint density at radius 1 is 1.21 bits per heavy atom. The topological polar surface area (TPSA) is 17.3 Å². The van der Waals surface area contributed by atoms with Crippen molar-refractivity contribution in [3.05, 3.63) is 50.9 Å². The van der Waals surface area contributed by atoms with E-state index in [1.807, 2.05) is 6.21 Å². The molecule has 2 aromatic rings. The lowest BCUT2D eigenvalue weighted by atomic mass is 10.2. The molecule has 100 valence electrons. The van der Waals surface area contributed by atoms with Crippen LogP contribution < -0.4 is 0 Å². The largest absolute Gasteiger partial charge is 0.349 e. The quantitative estimate of drug-likeness (QED) is 0.535. The van der Waals surface area contributed by atoms with Crippen LogP contribution in [0.25, 0.3) is 0 Å². The van der Waals surface area contributed by atoms with Gasteiger partial charge < -0.3 is 4.57 Å². The number of nitrogens with zero attached hydrogens (tertiary/aromatic N) is 2. The molecular weight excluding hydrogens is 347 g/mol. The molecule has 2 nitrogen and oxygen atoms in total. The molecule has 19 heavy (non-hydrogen) atoms. The second kappa shape index (κ2) is 5.90. The maximum Gasteiger partial charge on any atom is 0.0633 e. The summed E-state index contributed by atoms with van der Waals surface area (Å²) in [6, 6.07) is 8.93. The van der Waals surface area contributed by atoms with Gasteiger partial charge in [0.1, 0.15) is 0 Å². The minimum Gasteiger partial charge on any atom is -0.349 e. The van der Waals surface area contributed by atoms with Gasteiger partial charge in [0.2, 0.25) is 0 Å². The van der Waals surface area contributed by atoms with E-state index in [9.17, 15) is 0 Å². The Bertz CT molecular complexity index is 609. The van der Waals surface area contributed by atoms with Crippen molar-refractivity contribution in [2.24, 2.45) is 4.99 Å². The Morgan fingerprint density at radius 2 is 1.95 bits per heavy atom. The predicted octanol–water partition coefficient (Wildman–Crippen LogP) is 5.04. The first-order chi connectivity index (χ1) is 8.97. The van der Waals surface area contributed by atoms with Crippen LogP contribution in [0.4, 0.5) is 5.69 Å². The lowest BCUT2D eigenvalue weighted by Crippen LogP contribution is -2.00. The van der Waals surface area contributed by atoms with E-state index < -0.39 is 0 Å². The summed E-state index contributed by atoms with van der Waals surface area (Å²) in [6.07, 6.45) is 4.09. The van der Waals surface area contributed by atoms with Crippen molar-refractivity contribution in [3.63, 3.8) is 0 Å². The first-order valence-corrected chi connectivity index (χ1v) is 7.54. The van der Waals surface area contributed by atoms with Crippen LogP contribution >= 0.6 is 22.6 Å². The lowest BCUT2D eigenvalue weighted by Gasteiger charge is -2.08. The van der Waals surface area contributed by atoms with E-state index in [0.717, 1.165) is 11.3 Å². The number of rotatable bonds is 3. The van der Waals surface area contributed by atoms with Crippen LogP contribution in [-0.2, 0) is 0 Å². The van der Waals surface area contributed by atoms with Gasteiger partial charge in [0.15, 0.2) is 0 Å². The normalized spacial score (nSPS) is 11.7. The summed E-state index contributed by atoms with van der Waals surface area (Å²) < 4.78 is 3.54. The van der Waals surface area contributed by atoms with Crippen molar-refractivity contribution in [1.82, 2.24) is 4.57 Å². The number of aryl methyl sites for hydroxylation is 2. The molecule has 1 aromatic carbocycles. The summed E-state index contributed by atoms with van der Waals surface area (Å²) in [5, 5.41) is 0. The Kier molecular flexibility index (Phi) is 4.45. The van der Waals surface area contributed by atoms with Gasteiger partial charge in [0, 0.05) is 33.3 Å². The second-order valence-corrected chi connectivity index (χ2v) is 6.27. The van der Waals surface area contributed by atoms with E-state index in [1.54, 1.807) is 0 Å². The molecule has 0 amide bonds. The van der Waals surface area contributed by atoms with E-state index in [2.05, 4.69) is 90.3 Å². The van der Waals surface area contributed by atoms with E-state index in [4.69, 9.17) is 0 Å². The van der Waals surface area contributed by atoms with Crippen LogP contribution in [0.15, 0.2) is 35.5 Å². The molecule has 0 atom stereocenters. The molecule has 0 unspecified atom stereocenters. The first-order valence-electron chi connectivity index (χ1n) is 6.46. The van der Waals surface area contributed by atoms with Crippen molar-refractivity contribution in [2.75, 3.05) is 0 Å². The number of hydrogen-bond acceptors (Lipinski definition) is 1. The molecule has 0 N–H and O–H groups in total. The smallest absolute Gasteiger partial charge is 0.0633 e. The van der Waals surface area contributed by atoms with E-state index in [1.165, 1.54) is 14.8 Å². The maximum absolute atomic E-state index is 4.55. The highest BCUT2D eigenvalue weighted by atomic mass is 127. The van der Waals surface area contributed by atoms with Crippen molar-refractivity contribution in [1.29, 1.82) is 0 Å². The lowest BCUT2D eigenvalue weighted by molar-refractivity contribution is 0.589. The Labute approximate surface area is 128 Å². The van der Waals surface area contributed by atoms with Gasteiger partial charge in [-0.3, -0.25) is 4.99 Å². The van der Waals surface area contributed by atoms with Crippen LogP contribution in [0.2, 0.25) is 0 Å². The van der Waals surface area contributed by atoms with Gasteiger partial charge in [-0.2, -0.15) is 0 Å². The highest BCUT2D eigenvalue weighted by Gasteiger charge is 2.03. The predicted molar refractivity (Wildman–Crippen MR) is 90.7 cm³/mol. The van der Waals surface area contributed by atoms with E-state index >= 15 is 0 Å². The van der Waals surface area contributed by atoms with Crippen molar-refractivity contribution in [3.8, 4) is 0 Å². The molecule has 0 saturated heterocycles. The molecule has 0 saturated carbocycles. The molecule has 0 radical (unpaired) electrons. The van der Waals surface area contributed by atoms with Gasteiger partial charge in [-0.15, -0.1) is 0 Å². The SMILES string of the molecule is Cc1cc(N=Cc2cc(C)n(C(C)C)c2)ccc1I. The van der Waals surface area contributed by atoms with Crippen LogP contribution in [0, 0.1) is 17.4 Å². The zero-order valence-corrected chi connectivity index (χ0v) is 14.0. The van der Waals surface area contributed by atoms with Gasteiger partial charge in [-0.25, -0.2) is 0 Å². The van der Waals surface area contributed by atoms with Gasteiger partial charge in [-0.05, 0) is 80.1 Å². The third-order valence-electron chi connectivity index (χ3n) is 3.13. The monoisotopic (exact) mass is 366 g/mol. The van der Waals surface area contributed by atoms with Crippen LogP contribution in [0.5, 0.6) is 0 Å². The molecule has 0 spiro atoms. The highest BCUT2D eigenvalue weighted by molar-refractivity contribution is 14.1. The molecule has 1 aromatic heterocycles. The highest BCUT2D eigenvalue weighted by Crippen LogP contribution is 2.19. The molecule has 0 aliphatic rings. The molecule has 0 aliphatic carbocycles. The van der Waals surface area contributed by atoms with E-state index in [-0.39, 0.29) is 0 Å². The first kappa shape index (κ1) is 14.3. The molecule has 0 fully saturated rings. The maximum atomic E-state index is 4.55. The van der Waals surface area contributed by atoms with Crippen molar-refractivity contribution in [2.45, 2.75) is 33.7 Å². The summed E-state index contributed by atoms with van der Waals surface area (Å²) >= 11 is 2.34. The Balaban J connectivity index is 2.22. The summed E-state index contributed by atoms with van der Waals surface area (Å²) in [7, 11) is 0. The molecule has 0 aliphatic heterocycles. The van der Waals surface area contributed by atoms with Gasteiger partial charge in [-0.1, -0.05) is 0 Å². The summed E-state index contributed by atoms with van der Waals surface area (Å²) in [6.45, 7) is 8.62.